The number of para-hydroxylation sites is 1. The fourth-order valence-electron chi connectivity index (χ4n) is 4.12. The van der Waals surface area contributed by atoms with Crippen LogP contribution in [0.25, 0.3) is 20.8 Å². The molecule has 0 spiro atoms. The maximum atomic E-state index is 12.8. The number of benzene rings is 1. The number of hydrogen-bond donors (Lipinski definition) is 2. The number of nitrogens with zero attached hydrogens (tertiary/aromatic N) is 2. The van der Waals surface area contributed by atoms with Crippen molar-refractivity contribution in [3.63, 3.8) is 0 Å². The van der Waals surface area contributed by atoms with Gasteiger partial charge in [0.1, 0.15) is 15.6 Å². The van der Waals surface area contributed by atoms with Gasteiger partial charge in [0.05, 0.1) is 16.8 Å². The summed E-state index contributed by atoms with van der Waals surface area (Å²) in [7, 11) is 0. The Hall–Kier alpha value is -2.33. The number of aromatic nitrogens is 1. The second kappa shape index (κ2) is 10.7. The lowest BCUT2D eigenvalue weighted by Gasteiger charge is -2.30. The summed E-state index contributed by atoms with van der Waals surface area (Å²) in [4.78, 5) is 33.4. The van der Waals surface area contributed by atoms with Gasteiger partial charge < -0.3 is 15.4 Å². The number of esters is 1. The summed E-state index contributed by atoms with van der Waals surface area (Å²) in [6.45, 7) is 12.3. The van der Waals surface area contributed by atoms with E-state index in [1.165, 1.54) is 10.4 Å². The largest absolute Gasteiger partial charge is 0.459 e. The molecule has 2 N–H and O–H groups in total. The molecule has 0 atom stereocenters. The van der Waals surface area contributed by atoms with Gasteiger partial charge in [0.2, 0.25) is 5.91 Å². The minimum Gasteiger partial charge on any atom is -0.459 e. The highest BCUT2D eigenvalue weighted by Crippen LogP contribution is 2.45. The molecule has 188 valence electrons. The lowest BCUT2D eigenvalue weighted by Crippen LogP contribution is -2.35. The van der Waals surface area contributed by atoms with Gasteiger partial charge >= 0.3 is 5.97 Å². The summed E-state index contributed by atoms with van der Waals surface area (Å²) in [5, 5.41) is 7.99. The molecule has 9 heteroatoms. The molecule has 0 saturated carbocycles. The van der Waals surface area contributed by atoms with E-state index in [1.54, 1.807) is 22.7 Å². The van der Waals surface area contributed by atoms with Crippen molar-refractivity contribution in [3.8, 4) is 10.6 Å². The second-order valence-corrected chi connectivity index (χ2v) is 12.2. The van der Waals surface area contributed by atoms with Crippen molar-refractivity contribution >= 4 is 49.8 Å². The lowest BCUT2D eigenvalue weighted by molar-refractivity contribution is -0.153. The predicted octanol–water partition coefficient (Wildman–Crippen LogP) is 5.05. The Morgan fingerprint density at radius 2 is 1.97 bits per heavy atom. The van der Waals surface area contributed by atoms with Crippen LogP contribution in [0.1, 0.15) is 51.5 Å². The predicted molar refractivity (Wildman–Crippen MR) is 144 cm³/mol. The van der Waals surface area contributed by atoms with Gasteiger partial charge in [-0.1, -0.05) is 12.1 Å². The topological polar surface area (TPSA) is 83.6 Å². The summed E-state index contributed by atoms with van der Waals surface area (Å²) in [6.07, 6.45) is 1.21. The molecular weight excluding hydrogens is 480 g/mol. The molecule has 4 rings (SSSR count). The zero-order valence-electron chi connectivity index (χ0n) is 21.1. The van der Waals surface area contributed by atoms with Gasteiger partial charge in [-0.15, -0.1) is 22.7 Å². The molecule has 0 radical (unpaired) electrons. The fourth-order valence-corrected chi connectivity index (χ4v) is 6.52. The van der Waals surface area contributed by atoms with Crippen LogP contribution in [0.15, 0.2) is 24.3 Å². The molecule has 0 fully saturated rings. The van der Waals surface area contributed by atoms with Crippen LogP contribution < -0.4 is 10.6 Å². The number of nitrogens with one attached hydrogen (secondary N) is 2. The fraction of sp³-hybridized carbons (Fsp3) is 0.500. The third kappa shape index (κ3) is 6.46. The Labute approximate surface area is 214 Å². The van der Waals surface area contributed by atoms with Crippen LogP contribution in [0.2, 0.25) is 0 Å². The first-order valence-corrected chi connectivity index (χ1v) is 13.7. The minimum atomic E-state index is -0.517. The Morgan fingerprint density at radius 1 is 1.20 bits per heavy atom. The van der Waals surface area contributed by atoms with E-state index in [9.17, 15) is 9.59 Å². The number of ether oxygens (including phenoxy) is 1. The van der Waals surface area contributed by atoms with Crippen molar-refractivity contribution in [3.05, 3.63) is 34.7 Å². The number of anilines is 1. The third-order valence-electron chi connectivity index (χ3n) is 5.80. The zero-order chi connectivity index (χ0) is 25.2. The first-order valence-electron chi connectivity index (χ1n) is 12.1. The third-order valence-corrected chi connectivity index (χ3v) is 7.98. The number of amides is 1. The van der Waals surface area contributed by atoms with E-state index in [0.29, 0.717) is 12.6 Å². The van der Waals surface area contributed by atoms with Crippen LogP contribution in [0.4, 0.5) is 5.00 Å². The van der Waals surface area contributed by atoms with E-state index in [2.05, 4.69) is 35.4 Å². The Morgan fingerprint density at radius 3 is 2.69 bits per heavy atom. The Kier molecular flexibility index (Phi) is 7.90. The van der Waals surface area contributed by atoms with E-state index in [1.807, 2.05) is 39.0 Å². The van der Waals surface area contributed by atoms with E-state index in [0.717, 1.165) is 45.3 Å². The van der Waals surface area contributed by atoms with Crippen LogP contribution in [-0.2, 0) is 27.3 Å². The van der Waals surface area contributed by atoms with E-state index in [-0.39, 0.29) is 24.8 Å². The van der Waals surface area contributed by atoms with E-state index >= 15 is 0 Å². The second-order valence-electron chi connectivity index (χ2n) is 10.1. The maximum absolute atomic E-state index is 12.8. The van der Waals surface area contributed by atoms with Gasteiger partial charge in [0, 0.05) is 42.5 Å². The average molecular weight is 515 g/mol. The van der Waals surface area contributed by atoms with Crippen LogP contribution in [0.5, 0.6) is 0 Å². The minimum absolute atomic E-state index is 0.0802. The molecule has 3 heterocycles. The lowest BCUT2D eigenvalue weighted by atomic mass is 10.0. The summed E-state index contributed by atoms with van der Waals surface area (Å²) < 4.78 is 6.44. The SMILES string of the molecule is CC(C)N1CCc2c(sc(NC(=O)CCNCC(=O)OC(C)(C)C)c2-c2nc3ccccc3s2)C1. The summed E-state index contributed by atoms with van der Waals surface area (Å²) in [6, 6.07) is 8.63. The molecule has 1 aliphatic heterocycles. The van der Waals surface area contributed by atoms with E-state index in [4.69, 9.17) is 9.72 Å². The van der Waals surface area contributed by atoms with Crippen molar-refractivity contribution in [2.45, 2.75) is 65.6 Å². The molecule has 7 nitrogen and oxygen atoms in total. The molecule has 1 aromatic carbocycles. The van der Waals surface area contributed by atoms with Crippen molar-refractivity contribution in [2.75, 3.05) is 25.0 Å². The summed E-state index contributed by atoms with van der Waals surface area (Å²) >= 11 is 3.34. The van der Waals surface area contributed by atoms with Crippen LogP contribution in [-0.4, -0.2) is 53.0 Å². The number of thiazole rings is 1. The normalized spacial score (nSPS) is 14.3. The van der Waals surface area contributed by atoms with Crippen molar-refractivity contribution < 1.29 is 14.3 Å². The van der Waals surface area contributed by atoms with Crippen molar-refractivity contribution in [2.24, 2.45) is 0 Å². The van der Waals surface area contributed by atoms with Crippen LogP contribution in [0, 0.1) is 0 Å². The average Bonchev–Trinajstić information content (AvgIpc) is 3.35. The molecule has 0 aliphatic carbocycles. The first kappa shape index (κ1) is 25.8. The number of carbonyl (C=O) groups is 2. The smallest absolute Gasteiger partial charge is 0.320 e. The number of thiophene rings is 1. The number of rotatable bonds is 8. The molecule has 0 saturated heterocycles. The monoisotopic (exact) mass is 514 g/mol. The number of hydrogen-bond acceptors (Lipinski definition) is 8. The van der Waals surface area contributed by atoms with Crippen molar-refractivity contribution in [1.82, 2.24) is 15.2 Å². The highest BCUT2D eigenvalue weighted by molar-refractivity contribution is 7.22. The van der Waals surface area contributed by atoms with Gasteiger partial charge in [0.15, 0.2) is 0 Å². The maximum Gasteiger partial charge on any atom is 0.320 e. The molecule has 2 aromatic heterocycles. The first-order chi connectivity index (χ1) is 16.6. The molecule has 1 amide bonds. The highest BCUT2D eigenvalue weighted by Gasteiger charge is 2.28. The van der Waals surface area contributed by atoms with Crippen molar-refractivity contribution in [1.29, 1.82) is 0 Å². The summed E-state index contributed by atoms with van der Waals surface area (Å²) in [5.74, 6) is -0.403. The van der Waals surface area contributed by atoms with E-state index < -0.39 is 5.60 Å². The standard InChI is InChI=1S/C26H34N4O3S2/c1-16(2)30-13-11-17-20(15-30)35-25(23(17)24-28-18-8-6-7-9-19(18)34-24)29-21(31)10-12-27-14-22(32)33-26(3,4)5/h6-9,16,27H,10-15H2,1-5H3,(H,29,31). The zero-order valence-corrected chi connectivity index (χ0v) is 22.7. The number of carbonyl (C=O) groups excluding carboxylic acids is 2. The van der Waals surface area contributed by atoms with Crippen LogP contribution in [0.3, 0.4) is 0 Å². The highest BCUT2D eigenvalue weighted by atomic mass is 32.1. The molecule has 0 bridgehead atoms. The van der Waals surface area contributed by atoms with Gasteiger partial charge in [0.25, 0.3) is 0 Å². The van der Waals surface area contributed by atoms with Gasteiger partial charge in [-0.3, -0.25) is 14.5 Å². The Balaban J connectivity index is 1.49. The molecule has 0 unspecified atom stereocenters. The van der Waals surface area contributed by atoms with Gasteiger partial charge in [-0.05, 0) is 58.7 Å². The quantitative estimate of drug-likeness (QED) is 0.323. The van der Waals surface area contributed by atoms with Gasteiger partial charge in [-0.25, -0.2) is 4.98 Å². The molecule has 35 heavy (non-hydrogen) atoms. The molecular formula is C26H34N4O3S2. The van der Waals surface area contributed by atoms with Crippen LogP contribution >= 0.6 is 22.7 Å². The number of fused-ring (bicyclic) bond motifs is 2. The molecule has 1 aliphatic rings. The molecule has 3 aromatic rings. The Bertz CT molecular complexity index is 1180. The summed E-state index contributed by atoms with van der Waals surface area (Å²) in [5.41, 5.74) is 2.85. The van der Waals surface area contributed by atoms with Gasteiger partial charge in [-0.2, -0.15) is 0 Å².